The first-order chi connectivity index (χ1) is 9.85. The first-order valence-corrected chi connectivity index (χ1v) is 9.67. The molecule has 0 aliphatic heterocycles. The van der Waals surface area contributed by atoms with E-state index >= 15 is 0 Å². The normalized spacial score (nSPS) is 14.0. The molecule has 7 heteroatoms. The standard InChI is InChI=1S/C14H20N2O3S2/c1-12(8-10-20(2)17)16-21(18,19)14-7-3-5-13(11-14)6-4-9-15/h3,5,7,11-12,16H,8-10,15H2,1-2H3. The van der Waals surface area contributed by atoms with Gasteiger partial charge in [-0.1, -0.05) is 17.9 Å². The minimum Gasteiger partial charge on any atom is -0.320 e. The lowest BCUT2D eigenvalue weighted by molar-refractivity contribution is 0.555. The number of hydrogen-bond acceptors (Lipinski definition) is 4. The lowest BCUT2D eigenvalue weighted by atomic mass is 10.2. The van der Waals surface area contributed by atoms with E-state index in [4.69, 9.17) is 5.73 Å². The summed E-state index contributed by atoms with van der Waals surface area (Å²) in [6.45, 7) is 1.98. The second kappa shape index (κ2) is 8.29. The second-order valence-corrected chi connectivity index (χ2v) is 7.89. The van der Waals surface area contributed by atoms with Crippen molar-refractivity contribution < 1.29 is 12.6 Å². The average molecular weight is 328 g/mol. The maximum atomic E-state index is 12.3. The molecule has 0 heterocycles. The molecule has 1 aromatic carbocycles. The summed E-state index contributed by atoms with van der Waals surface area (Å²) in [5, 5.41) is 0. The second-order valence-electron chi connectivity index (χ2n) is 4.62. The smallest absolute Gasteiger partial charge is 0.240 e. The van der Waals surface area contributed by atoms with E-state index in [1.54, 1.807) is 25.3 Å². The third kappa shape index (κ3) is 6.40. The van der Waals surface area contributed by atoms with Gasteiger partial charge in [-0.2, -0.15) is 0 Å². The highest BCUT2D eigenvalue weighted by Gasteiger charge is 2.17. The zero-order valence-corrected chi connectivity index (χ0v) is 13.8. The molecule has 116 valence electrons. The number of benzene rings is 1. The zero-order chi connectivity index (χ0) is 15.9. The van der Waals surface area contributed by atoms with Gasteiger partial charge in [0.25, 0.3) is 0 Å². The summed E-state index contributed by atoms with van der Waals surface area (Å²) >= 11 is 0. The van der Waals surface area contributed by atoms with Crippen molar-refractivity contribution in [3.8, 4) is 11.8 Å². The highest BCUT2D eigenvalue weighted by atomic mass is 32.2. The molecule has 2 atom stereocenters. The van der Waals surface area contributed by atoms with Crippen molar-refractivity contribution in [2.45, 2.75) is 24.3 Å². The van der Waals surface area contributed by atoms with Gasteiger partial charge in [0.2, 0.25) is 10.0 Å². The van der Waals surface area contributed by atoms with Gasteiger partial charge < -0.3 is 5.73 Å². The fraction of sp³-hybridized carbons (Fsp3) is 0.429. The SMILES string of the molecule is CC(CCS(C)=O)NS(=O)(=O)c1cccc(C#CCN)c1. The van der Waals surface area contributed by atoms with E-state index in [0.717, 1.165) is 0 Å². The molecule has 3 N–H and O–H groups in total. The topological polar surface area (TPSA) is 89.3 Å². The van der Waals surface area contributed by atoms with Gasteiger partial charge in [0.1, 0.15) is 0 Å². The Kier molecular flexibility index (Phi) is 7.05. The maximum Gasteiger partial charge on any atom is 0.240 e. The van der Waals surface area contributed by atoms with Crippen molar-refractivity contribution in [1.29, 1.82) is 0 Å². The number of nitrogens with one attached hydrogen (secondary N) is 1. The van der Waals surface area contributed by atoms with Crippen molar-refractivity contribution in [2.24, 2.45) is 5.73 Å². The predicted octanol–water partition coefficient (Wildman–Crippen LogP) is 0.432. The molecule has 1 aromatic rings. The van der Waals surface area contributed by atoms with Crippen LogP contribution in [0.3, 0.4) is 0 Å². The minimum atomic E-state index is -3.60. The van der Waals surface area contributed by atoms with Crippen LogP contribution in [-0.4, -0.2) is 37.2 Å². The highest BCUT2D eigenvalue weighted by molar-refractivity contribution is 7.89. The maximum absolute atomic E-state index is 12.3. The van der Waals surface area contributed by atoms with Crippen LogP contribution in [0.4, 0.5) is 0 Å². The number of rotatable bonds is 6. The molecule has 1 rings (SSSR count). The van der Waals surface area contributed by atoms with E-state index in [-0.39, 0.29) is 17.5 Å². The van der Waals surface area contributed by atoms with Gasteiger partial charge in [-0.05, 0) is 31.5 Å². The summed E-state index contributed by atoms with van der Waals surface area (Å²) in [4.78, 5) is 0.163. The highest BCUT2D eigenvalue weighted by Crippen LogP contribution is 2.12. The van der Waals surface area contributed by atoms with Gasteiger partial charge in [0.05, 0.1) is 11.4 Å². The van der Waals surface area contributed by atoms with Crippen LogP contribution in [0.5, 0.6) is 0 Å². The van der Waals surface area contributed by atoms with E-state index in [1.807, 2.05) is 0 Å². The first kappa shape index (κ1) is 17.9. The molecular weight excluding hydrogens is 308 g/mol. The predicted molar refractivity (Wildman–Crippen MR) is 85.7 cm³/mol. The number of nitrogens with two attached hydrogens (primary N) is 1. The zero-order valence-electron chi connectivity index (χ0n) is 12.1. The summed E-state index contributed by atoms with van der Waals surface area (Å²) in [5.41, 5.74) is 5.90. The van der Waals surface area contributed by atoms with E-state index in [1.165, 1.54) is 12.1 Å². The molecule has 0 amide bonds. The molecule has 0 bridgehead atoms. The largest absolute Gasteiger partial charge is 0.320 e. The molecule has 0 spiro atoms. The first-order valence-electron chi connectivity index (χ1n) is 6.46. The summed E-state index contributed by atoms with van der Waals surface area (Å²) < 4.78 is 38.1. The molecule has 0 fully saturated rings. The van der Waals surface area contributed by atoms with Crippen molar-refractivity contribution in [3.05, 3.63) is 29.8 Å². The summed E-state index contributed by atoms with van der Waals surface area (Å²) in [6, 6.07) is 6.11. The lowest BCUT2D eigenvalue weighted by Gasteiger charge is -2.13. The minimum absolute atomic E-state index is 0.163. The number of sulfonamides is 1. The van der Waals surface area contributed by atoms with Crippen LogP contribution in [0.2, 0.25) is 0 Å². The average Bonchev–Trinajstić information content (AvgIpc) is 2.43. The van der Waals surface area contributed by atoms with Crippen LogP contribution in [-0.2, 0) is 20.8 Å². The van der Waals surface area contributed by atoms with Crippen molar-refractivity contribution >= 4 is 20.8 Å². The number of hydrogen-bond donors (Lipinski definition) is 2. The molecule has 0 aliphatic rings. The third-order valence-electron chi connectivity index (χ3n) is 2.67. The molecule has 0 radical (unpaired) electrons. The fourth-order valence-corrected chi connectivity index (χ4v) is 3.64. The van der Waals surface area contributed by atoms with E-state index < -0.39 is 20.8 Å². The van der Waals surface area contributed by atoms with E-state index in [0.29, 0.717) is 17.7 Å². The Morgan fingerprint density at radius 2 is 2.14 bits per heavy atom. The van der Waals surface area contributed by atoms with Crippen LogP contribution >= 0.6 is 0 Å². The molecule has 5 nitrogen and oxygen atoms in total. The summed E-state index contributed by atoms with van der Waals surface area (Å²) in [5.74, 6) is 5.95. The van der Waals surface area contributed by atoms with Crippen molar-refractivity contribution in [1.82, 2.24) is 4.72 Å². The molecule has 2 unspecified atom stereocenters. The van der Waals surface area contributed by atoms with E-state index in [2.05, 4.69) is 16.6 Å². The quantitative estimate of drug-likeness (QED) is 0.741. The van der Waals surface area contributed by atoms with Crippen LogP contribution in [0.1, 0.15) is 18.9 Å². The van der Waals surface area contributed by atoms with Gasteiger partial charge in [-0.25, -0.2) is 13.1 Å². The van der Waals surface area contributed by atoms with E-state index in [9.17, 15) is 12.6 Å². The molecule has 0 saturated carbocycles. The fourth-order valence-electron chi connectivity index (χ4n) is 1.63. The summed E-state index contributed by atoms with van der Waals surface area (Å²) in [7, 11) is -4.53. The van der Waals surface area contributed by atoms with Crippen LogP contribution in [0, 0.1) is 11.8 Å². The van der Waals surface area contributed by atoms with Gasteiger partial charge in [-0.15, -0.1) is 0 Å². The van der Waals surface area contributed by atoms with Gasteiger partial charge in [0, 0.05) is 34.4 Å². The molecular formula is C14H20N2O3S2. The monoisotopic (exact) mass is 328 g/mol. The summed E-state index contributed by atoms with van der Waals surface area (Å²) in [6.07, 6.45) is 2.12. The lowest BCUT2D eigenvalue weighted by Crippen LogP contribution is -2.33. The Morgan fingerprint density at radius 1 is 1.43 bits per heavy atom. The van der Waals surface area contributed by atoms with Crippen LogP contribution < -0.4 is 10.5 Å². The van der Waals surface area contributed by atoms with Gasteiger partial charge in [-0.3, -0.25) is 4.21 Å². The van der Waals surface area contributed by atoms with Crippen LogP contribution in [0.15, 0.2) is 29.2 Å². The molecule has 21 heavy (non-hydrogen) atoms. The molecule has 0 saturated heterocycles. The Balaban J connectivity index is 2.85. The van der Waals surface area contributed by atoms with Crippen molar-refractivity contribution in [3.63, 3.8) is 0 Å². The Morgan fingerprint density at radius 3 is 2.76 bits per heavy atom. The van der Waals surface area contributed by atoms with Crippen molar-refractivity contribution in [2.75, 3.05) is 18.6 Å². The van der Waals surface area contributed by atoms with Crippen LogP contribution in [0.25, 0.3) is 0 Å². The van der Waals surface area contributed by atoms with Gasteiger partial charge in [0.15, 0.2) is 0 Å². The van der Waals surface area contributed by atoms with Gasteiger partial charge >= 0.3 is 0 Å². The third-order valence-corrected chi connectivity index (χ3v) is 5.07. The Hall–Kier alpha value is -1.20. The Bertz CT molecular complexity index is 660. The molecule has 0 aromatic heterocycles. The Labute approximate surface area is 128 Å². The molecule has 0 aliphatic carbocycles.